The van der Waals surface area contributed by atoms with Gasteiger partial charge in [-0.25, -0.2) is 8.42 Å². The molecular weight excluding hydrogens is 300 g/mol. The topological polar surface area (TPSA) is 110 Å². The molecule has 9 heteroatoms. The first-order valence-electron chi connectivity index (χ1n) is 6.31. The van der Waals surface area contributed by atoms with Crippen molar-refractivity contribution in [3.05, 3.63) is 28.3 Å². The number of methoxy groups -OCH3 is 1. The van der Waals surface area contributed by atoms with Gasteiger partial charge in [-0.05, 0) is 18.6 Å². The van der Waals surface area contributed by atoms with Crippen molar-refractivity contribution >= 4 is 15.7 Å². The quantitative estimate of drug-likeness (QED) is 0.565. The Hall–Kier alpha value is -1.71. The molecule has 0 fully saturated rings. The Kier molecular flexibility index (Phi) is 6.06. The van der Waals surface area contributed by atoms with E-state index in [4.69, 9.17) is 9.84 Å². The molecule has 0 aromatic heterocycles. The van der Waals surface area contributed by atoms with Gasteiger partial charge >= 0.3 is 0 Å². The van der Waals surface area contributed by atoms with Gasteiger partial charge < -0.3 is 9.84 Å². The van der Waals surface area contributed by atoms with Crippen LogP contribution in [-0.4, -0.2) is 49.6 Å². The highest BCUT2D eigenvalue weighted by Gasteiger charge is 2.31. The molecule has 0 saturated carbocycles. The van der Waals surface area contributed by atoms with Crippen molar-refractivity contribution in [2.24, 2.45) is 0 Å². The van der Waals surface area contributed by atoms with Crippen LogP contribution in [0.4, 0.5) is 5.69 Å². The molecule has 0 radical (unpaired) electrons. The normalized spacial score (nSPS) is 11.6. The first-order chi connectivity index (χ1) is 9.88. The van der Waals surface area contributed by atoms with Crippen molar-refractivity contribution in [3.63, 3.8) is 0 Å². The molecule has 0 bridgehead atoms. The van der Waals surface area contributed by atoms with E-state index in [1.54, 1.807) is 6.92 Å². The van der Waals surface area contributed by atoms with Gasteiger partial charge in [0.15, 0.2) is 4.90 Å². The number of nitrogens with zero attached hydrogens (tertiary/aromatic N) is 2. The van der Waals surface area contributed by atoms with E-state index >= 15 is 0 Å². The van der Waals surface area contributed by atoms with Gasteiger partial charge in [0.2, 0.25) is 10.0 Å². The molecule has 0 aliphatic carbocycles. The molecule has 1 aromatic rings. The summed E-state index contributed by atoms with van der Waals surface area (Å²) in [5, 5.41) is 20.1. The average molecular weight is 318 g/mol. The maximum Gasteiger partial charge on any atom is 0.293 e. The van der Waals surface area contributed by atoms with Crippen LogP contribution in [0.3, 0.4) is 0 Å². The predicted molar refractivity (Wildman–Crippen MR) is 75.8 cm³/mol. The highest BCUT2D eigenvalue weighted by Crippen LogP contribution is 2.30. The number of benzene rings is 1. The van der Waals surface area contributed by atoms with Crippen molar-refractivity contribution in [3.8, 4) is 5.75 Å². The Bertz CT molecular complexity index is 596. The summed E-state index contributed by atoms with van der Waals surface area (Å²) < 4.78 is 30.9. The summed E-state index contributed by atoms with van der Waals surface area (Å²) in [6.07, 6.45) is 0.531. The van der Waals surface area contributed by atoms with E-state index in [0.717, 1.165) is 16.4 Å². The number of nitro benzene ring substituents is 1. The first kappa shape index (κ1) is 17.3. The van der Waals surface area contributed by atoms with Crippen LogP contribution < -0.4 is 4.74 Å². The van der Waals surface area contributed by atoms with Crippen LogP contribution in [0.15, 0.2) is 23.1 Å². The molecular formula is C12H18N2O6S. The predicted octanol–water partition coefficient (Wildman–Crippen LogP) is 0.996. The third kappa shape index (κ3) is 3.90. The molecule has 21 heavy (non-hydrogen) atoms. The second-order valence-electron chi connectivity index (χ2n) is 4.22. The number of ether oxygens (including phenoxy) is 1. The summed E-state index contributed by atoms with van der Waals surface area (Å²) in [6, 6.07) is 3.56. The molecule has 0 amide bonds. The number of hydrogen-bond acceptors (Lipinski definition) is 6. The van der Waals surface area contributed by atoms with E-state index in [0.29, 0.717) is 6.42 Å². The van der Waals surface area contributed by atoms with E-state index in [-0.39, 0.29) is 25.4 Å². The minimum atomic E-state index is -4.05. The van der Waals surface area contributed by atoms with Crippen molar-refractivity contribution in [2.45, 2.75) is 18.2 Å². The zero-order chi connectivity index (χ0) is 16.0. The summed E-state index contributed by atoms with van der Waals surface area (Å²) in [7, 11) is -2.71. The Labute approximate surface area is 123 Å². The fourth-order valence-corrected chi connectivity index (χ4v) is 3.50. The van der Waals surface area contributed by atoms with Crippen LogP contribution in [0, 0.1) is 10.1 Å². The van der Waals surface area contributed by atoms with Gasteiger partial charge in [-0.15, -0.1) is 0 Å². The summed E-state index contributed by atoms with van der Waals surface area (Å²) in [4.78, 5) is 9.92. The molecule has 0 saturated heterocycles. The van der Waals surface area contributed by atoms with Crippen LogP contribution >= 0.6 is 0 Å². The lowest BCUT2D eigenvalue weighted by atomic mass is 10.3. The van der Waals surface area contributed by atoms with Gasteiger partial charge in [-0.3, -0.25) is 10.1 Å². The van der Waals surface area contributed by atoms with Crippen LogP contribution in [0.1, 0.15) is 13.3 Å². The molecule has 0 atom stereocenters. The van der Waals surface area contributed by atoms with E-state index in [1.165, 1.54) is 13.2 Å². The fraction of sp³-hybridized carbons (Fsp3) is 0.500. The summed E-state index contributed by atoms with van der Waals surface area (Å²) >= 11 is 0. The van der Waals surface area contributed by atoms with Gasteiger partial charge in [0.1, 0.15) is 5.75 Å². The smallest absolute Gasteiger partial charge is 0.293 e. The molecule has 0 aliphatic rings. The van der Waals surface area contributed by atoms with Crippen LogP contribution in [0.2, 0.25) is 0 Å². The van der Waals surface area contributed by atoms with E-state index < -0.39 is 25.5 Å². The third-order valence-corrected chi connectivity index (χ3v) is 4.75. The average Bonchev–Trinajstić information content (AvgIpc) is 2.46. The second-order valence-corrected chi connectivity index (χ2v) is 6.12. The third-order valence-electron chi connectivity index (χ3n) is 2.80. The van der Waals surface area contributed by atoms with Gasteiger partial charge in [0.25, 0.3) is 5.69 Å². The molecule has 0 spiro atoms. The van der Waals surface area contributed by atoms with E-state index in [2.05, 4.69) is 0 Å². The molecule has 0 aliphatic heterocycles. The molecule has 0 heterocycles. The molecule has 118 valence electrons. The molecule has 1 N–H and O–H groups in total. The van der Waals surface area contributed by atoms with Gasteiger partial charge in [0.05, 0.1) is 24.7 Å². The van der Waals surface area contributed by atoms with Gasteiger partial charge in [0, 0.05) is 13.1 Å². The Morgan fingerprint density at radius 2 is 2.05 bits per heavy atom. The highest BCUT2D eigenvalue weighted by molar-refractivity contribution is 7.89. The maximum absolute atomic E-state index is 12.5. The number of aliphatic hydroxyl groups excluding tert-OH is 1. The molecule has 1 rings (SSSR count). The maximum atomic E-state index is 12.5. The van der Waals surface area contributed by atoms with Crippen LogP contribution in [0.5, 0.6) is 5.75 Å². The first-order valence-corrected chi connectivity index (χ1v) is 7.76. The summed E-state index contributed by atoms with van der Waals surface area (Å²) in [5.41, 5.74) is -0.548. The summed E-state index contributed by atoms with van der Waals surface area (Å²) in [5.74, 6) is 0.199. The lowest BCUT2D eigenvalue weighted by Crippen LogP contribution is -2.34. The highest BCUT2D eigenvalue weighted by atomic mass is 32.2. The minimum Gasteiger partial charge on any atom is -0.497 e. The van der Waals surface area contributed by atoms with Crippen molar-refractivity contribution in [1.82, 2.24) is 4.31 Å². The van der Waals surface area contributed by atoms with Crippen molar-refractivity contribution in [2.75, 3.05) is 26.8 Å². The number of aliphatic hydroxyl groups is 1. The number of hydrogen-bond donors (Lipinski definition) is 1. The second kappa shape index (κ2) is 7.34. The van der Waals surface area contributed by atoms with Crippen molar-refractivity contribution in [1.29, 1.82) is 0 Å². The zero-order valence-corrected chi connectivity index (χ0v) is 12.7. The monoisotopic (exact) mass is 318 g/mol. The minimum absolute atomic E-state index is 0.112. The molecule has 0 unspecified atom stereocenters. The number of rotatable bonds is 8. The lowest BCUT2D eigenvalue weighted by molar-refractivity contribution is -0.387. The fourth-order valence-electron chi connectivity index (χ4n) is 1.84. The Balaban J connectivity index is 3.38. The Morgan fingerprint density at radius 3 is 2.52 bits per heavy atom. The van der Waals surface area contributed by atoms with E-state index in [1.807, 2.05) is 0 Å². The molecule has 1 aromatic carbocycles. The zero-order valence-electron chi connectivity index (χ0n) is 11.9. The number of nitro groups is 1. The number of sulfonamides is 1. The SMILES string of the molecule is CCCN(CCO)S(=O)(=O)c1ccc(OC)cc1[N+](=O)[O-]. The largest absolute Gasteiger partial charge is 0.497 e. The van der Waals surface area contributed by atoms with Crippen LogP contribution in [0.25, 0.3) is 0 Å². The summed E-state index contributed by atoms with van der Waals surface area (Å²) in [6.45, 7) is 1.48. The van der Waals surface area contributed by atoms with Gasteiger partial charge in [-0.2, -0.15) is 4.31 Å². The van der Waals surface area contributed by atoms with Gasteiger partial charge in [-0.1, -0.05) is 6.92 Å². The van der Waals surface area contributed by atoms with E-state index in [9.17, 15) is 18.5 Å². The molecule has 8 nitrogen and oxygen atoms in total. The standard InChI is InChI=1S/C12H18N2O6S/c1-3-6-13(7-8-15)21(18,19)12-5-4-10(20-2)9-11(12)14(16)17/h4-5,9,15H,3,6-8H2,1-2H3. The van der Waals surface area contributed by atoms with Crippen LogP contribution in [-0.2, 0) is 10.0 Å². The van der Waals surface area contributed by atoms with Crippen molar-refractivity contribution < 1.29 is 23.2 Å². The lowest BCUT2D eigenvalue weighted by Gasteiger charge is -2.20. The Morgan fingerprint density at radius 1 is 1.38 bits per heavy atom.